The minimum atomic E-state index is -0.856. The quantitative estimate of drug-likeness (QED) is 0.399. The SMILES string of the molecule is C=C(C)C(=O)OC1(C2=CC=C[I-]2)c2ccccc2Sc2ccccc21. The Hall–Kier alpha value is -1.79. The van der Waals surface area contributed by atoms with Gasteiger partial charge in [-0.3, -0.25) is 0 Å². The molecule has 0 atom stereocenters. The summed E-state index contributed by atoms with van der Waals surface area (Å²) in [5, 5.41) is 0. The van der Waals surface area contributed by atoms with Crippen LogP contribution in [0.2, 0.25) is 0 Å². The number of halogens is 1. The zero-order chi connectivity index (χ0) is 17.4. The molecular formula is C21H16IO2S-. The number of hydrogen-bond acceptors (Lipinski definition) is 3. The molecule has 0 aromatic heterocycles. The van der Waals surface area contributed by atoms with Crippen molar-refractivity contribution in [2.24, 2.45) is 0 Å². The van der Waals surface area contributed by atoms with Crippen LogP contribution in [-0.2, 0) is 15.1 Å². The summed E-state index contributed by atoms with van der Waals surface area (Å²) in [6, 6.07) is 16.4. The Morgan fingerprint density at radius 3 is 2.20 bits per heavy atom. The number of carbonyl (C=O) groups excluding carboxylic acids is 1. The second kappa shape index (κ2) is 6.50. The second-order valence-corrected chi connectivity index (χ2v) is 9.48. The first-order chi connectivity index (χ1) is 12.1. The minimum absolute atomic E-state index is 0.338. The zero-order valence-electron chi connectivity index (χ0n) is 13.7. The van der Waals surface area contributed by atoms with Crippen molar-refractivity contribution in [3.05, 3.63) is 91.6 Å². The molecule has 0 spiro atoms. The molecule has 2 aromatic carbocycles. The van der Waals surface area contributed by atoms with Crippen molar-refractivity contribution < 1.29 is 30.7 Å². The molecule has 2 aliphatic rings. The Morgan fingerprint density at radius 2 is 1.68 bits per heavy atom. The molecular weight excluding hydrogens is 443 g/mol. The number of rotatable bonds is 3. The predicted molar refractivity (Wildman–Crippen MR) is 95.9 cm³/mol. The van der Waals surface area contributed by atoms with Crippen molar-refractivity contribution in [2.75, 3.05) is 0 Å². The Balaban J connectivity index is 2.02. The van der Waals surface area contributed by atoms with Gasteiger partial charge >= 0.3 is 162 Å². The molecule has 2 aliphatic heterocycles. The van der Waals surface area contributed by atoms with Gasteiger partial charge in [0.25, 0.3) is 0 Å². The summed E-state index contributed by atoms with van der Waals surface area (Å²) in [5.74, 6) is -0.353. The van der Waals surface area contributed by atoms with Crippen LogP contribution in [0.4, 0.5) is 0 Å². The van der Waals surface area contributed by atoms with Crippen LogP contribution in [-0.4, -0.2) is 5.97 Å². The van der Waals surface area contributed by atoms with Gasteiger partial charge in [-0.05, 0) is 0 Å². The average Bonchev–Trinajstić information content (AvgIpc) is 3.16. The van der Waals surface area contributed by atoms with Gasteiger partial charge in [-0.1, -0.05) is 0 Å². The molecule has 0 amide bonds. The van der Waals surface area contributed by atoms with Crippen LogP contribution in [0.5, 0.6) is 0 Å². The molecule has 2 heterocycles. The second-order valence-electron chi connectivity index (χ2n) is 5.89. The van der Waals surface area contributed by atoms with E-state index in [0.717, 1.165) is 20.9 Å². The Morgan fingerprint density at radius 1 is 1.08 bits per heavy atom. The van der Waals surface area contributed by atoms with Gasteiger partial charge in [-0.15, -0.1) is 0 Å². The number of ether oxygens (including phenoxy) is 1. The van der Waals surface area contributed by atoms with Crippen LogP contribution in [0.1, 0.15) is 18.1 Å². The molecule has 0 unspecified atom stereocenters. The van der Waals surface area contributed by atoms with Crippen molar-refractivity contribution in [2.45, 2.75) is 22.3 Å². The Labute approximate surface area is 161 Å². The van der Waals surface area contributed by atoms with Gasteiger partial charge in [0.2, 0.25) is 0 Å². The summed E-state index contributed by atoms with van der Waals surface area (Å²) in [5.41, 5.74) is 1.65. The summed E-state index contributed by atoms with van der Waals surface area (Å²) >= 11 is 1.39. The third-order valence-electron chi connectivity index (χ3n) is 4.18. The summed E-state index contributed by atoms with van der Waals surface area (Å²) in [7, 11) is 0. The molecule has 25 heavy (non-hydrogen) atoms. The summed E-state index contributed by atoms with van der Waals surface area (Å²) in [4.78, 5) is 14.9. The van der Waals surface area contributed by atoms with E-state index in [-0.39, 0.29) is 27.2 Å². The van der Waals surface area contributed by atoms with E-state index in [1.807, 2.05) is 24.3 Å². The van der Waals surface area contributed by atoms with Gasteiger partial charge in [0, 0.05) is 0 Å². The zero-order valence-corrected chi connectivity index (χ0v) is 16.6. The molecule has 0 saturated heterocycles. The van der Waals surface area contributed by atoms with E-state index in [9.17, 15) is 4.79 Å². The van der Waals surface area contributed by atoms with Gasteiger partial charge in [0.05, 0.1) is 0 Å². The molecule has 0 bridgehead atoms. The maximum atomic E-state index is 12.6. The summed E-state index contributed by atoms with van der Waals surface area (Å²) < 4.78 is 9.63. The molecule has 4 heteroatoms. The van der Waals surface area contributed by atoms with Crippen LogP contribution >= 0.6 is 11.8 Å². The number of fused-ring (bicyclic) bond motifs is 2. The van der Waals surface area contributed by atoms with E-state index in [4.69, 9.17) is 4.74 Å². The van der Waals surface area contributed by atoms with Gasteiger partial charge in [-0.25, -0.2) is 0 Å². The van der Waals surface area contributed by atoms with E-state index < -0.39 is 5.60 Å². The van der Waals surface area contributed by atoms with Crippen LogP contribution in [0.25, 0.3) is 0 Å². The molecule has 0 fully saturated rings. The molecule has 2 nitrogen and oxygen atoms in total. The first kappa shape index (κ1) is 16.7. The molecule has 0 N–H and O–H groups in total. The summed E-state index contributed by atoms with van der Waals surface area (Å²) in [6.45, 7) is 5.48. The molecule has 126 valence electrons. The number of hydrogen-bond donors (Lipinski definition) is 0. The number of benzene rings is 2. The standard InChI is InChI=1S/C21H16IO2S/c1-14(2)20(23)24-21(19-12-7-13-22-19)15-8-3-5-10-17(15)25-18-11-6-4-9-16(18)21/h3-13H,1H2,2H3/q-1. The fourth-order valence-corrected chi connectivity index (χ4v) is 6.58. The van der Waals surface area contributed by atoms with Crippen molar-refractivity contribution in [1.82, 2.24) is 0 Å². The van der Waals surface area contributed by atoms with Crippen molar-refractivity contribution in [3.63, 3.8) is 0 Å². The van der Waals surface area contributed by atoms with Crippen molar-refractivity contribution >= 4 is 17.7 Å². The van der Waals surface area contributed by atoms with Gasteiger partial charge in [-0.2, -0.15) is 0 Å². The van der Waals surface area contributed by atoms with Gasteiger partial charge in [0.15, 0.2) is 0 Å². The average molecular weight is 459 g/mol. The number of esters is 1. The van der Waals surface area contributed by atoms with Gasteiger partial charge < -0.3 is 0 Å². The van der Waals surface area contributed by atoms with Crippen LogP contribution in [0.15, 0.2) is 90.3 Å². The number of allylic oxidation sites excluding steroid dienone is 2. The van der Waals surface area contributed by atoms with Crippen LogP contribution in [0, 0.1) is 0 Å². The van der Waals surface area contributed by atoms with E-state index in [2.05, 4.69) is 47.1 Å². The van der Waals surface area contributed by atoms with E-state index in [1.54, 1.807) is 18.7 Å². The van der Waals surface area contributed by atoms with E-state index in [0.29, 0.717) is 5.57 Å². The summed E-state index contributed by atoms with van der Waals surface area (Å²) in [6.07, 6.45) is 4.19. The monoisotopic (exact) mass is 459 g/mol. The molecule has 4 rings (SSSR count). The normalized spacial score (nSPS) is 16.9. The third-order valence-corrected chi connectivity index (χ3v) is 7.90. The van der Waals surface area contributed by atoms with E-state index >= 15 is 0 Å². The maximum absolute atomic E-state index is 12.6. The fraction of sp³-hybridized carbons (Fsp3) is 0.0952. The molecule has 0 aliphatic carbocycles. The topological polar surface area (TPSA) is 26.3 Å². The fourth-order valence-electron chi connectivity index (χ4n) is 3.05. The Bertz CT molecular complexity index is 897. The van der Waals surface area contributed by atoms with Crippen molar-refractivity contribution in [1.29, 1.82) is 0 Å². The van der Waals surface area contributed by atoms with Crippen LogP contribution < -0.4 is 21.2 Å². The first-order valence-electron chi connectivity index (χ1n) is 7.89. The molecule has 2 aromatic rings. The molecule has 0 radical (unpaired) electrons. The first-order valence-corrected chi connectivity index (χ1v) is 11.0. The third kappa shape index (κ3) is 2.68. The number of carbonyl (C=O) groups is 1. The molecule has 0 saturated carbocycles. The van der Waals surface area contributed by atoms with Crippen molar-refractivity contribution in [3.8, 4) is 0 Å². The predicted octanol–water partition coefficient (Wildman–Crippen LogP) is 2.01. The van der Waals surface area contributed by atoms with Gasteiger partial charge in [0.1, 0.15) is 0 Å². The Kier molecular flexibility index (Phi) is 4.33. The van der Waals surface area contributed by atoms with Crippen LogP contribution in [0.3, 0.4) is 0 Å². The van der Waals surface area contributed by atoms with E-state index in [1.165, 1.54) is 3.58 Å².